The number of hydrogen-bond donors (Lipinski definition) is 0. The minimum atomic E-state index is -0.0444. The molecule has 0 aliphatic carbocycles. The van der Waals surface area contributed by atoms with Crippen LogP contribution in [0.2, 0.25) is 0 Å². The molecule has 0 amide bonds. The van der Waals surface area contributed by atoms with Gasteiger partial charge in [0.25, 0.3) is 0 Å². The molecular weight excluding hydrogens is 276 g/mol. The topological polar surface area (TPSA) is 36.9 Å². The van der Waals surface area contributed by atoms with E-state index in [0.29, 0.717) is 26.4 Å². The van der Waals surface area contributed by atoms with Crippen LogP contribution in [0.1, 0.15) is 47.0 Å². The smallest absolute Gasteiger partial charge is 0.158 e. The van der Waals surface area contributed by atoms with E-state index in [9.17, 15) is 0 Å². The lowest BCUT2D eigenvalue weighted by atomic mass is 10.3. The molecule has 0 saturated heterocycles. The van der Waals surface area contributed by atoms with Crippen molar-refractivity contribution in [1.29, 1.82) is 0 Å². The number of ether oxygens (including phenoxy) is 4. The van der Waals surface area contributed by atoms with E-state index in [-0.39, 0.29) is 12.6 Å². The van der Waals surface area contributed by atoms with Crippen LogP contribution in [-0.2, 0) is 18.9 Å². The molecule has 0 rings (SSSR count). The minimum absolute atomic E-state index is 0.0369. The monoisotopic (exact) mass is 308 g/mol. The average Bonchev–Trinajstić information content (AvgIpc) is 2.43. The second-order valence-electron chi connectivity index (χ2n) is 4.22. The minimum Gasteiger partial charge on any atom is -0.353 e. The van der Waals surface area contributed by atoms with Crippen LogP contribution in [0.5, 0.6) is 0 Å². The molecule has 20 heavy (non-hydrogen) atoms. The quantitative estimate of drug-likeness (QED) is 0.341. The van der Waals surface area contributed by atoms with Gasteiger partial charge in [-0.05, 0) is 52.0 Å². The lowest BCUT2D eigenvalue weighted by Crippen LogP contribution is -2.18. The van der Waals surface area contributed by atoms with Crippen molar-refractivity contribution in [2.24, 2.45) is 0 Å². The highest BCUT2D eigenvalue weighted by atomic mass is 32.2. The summed E-state index contributed by atoms with van der Waals surface area (Å²) < 4.78 is 22.1. The van der Waals surface area contributed by atoms with Crippen molar-refractivity contribution in [3.05, 3.63) is 0 Å². The highest BCUT2D eigenvalue weighted by molar-refractivity contribution is 7.99. The van der Waals surface area contributed by atoms with Gasteiger partial charge in [-0.3, -0.25) is 0 Å². The van der Waals surface area contributed by atoms with Crippen LogP contribution in [0, 0.1) is 0 Å². The van der Waals surface area contributed by atoms with Gasteiger partial charge in [-0.25, -0.2) is 0 Å². The maximum Gasteiger partial charge on any atom is 0.158 e. The molecule has 4 nitrogen and oxygen atoms in total. The lowest BCUT2D eigenvalue weighted by molar-refractivity contribution is -0.139. The molecule has 122 valence electrons. The van der Waals surface area contributed by atoms with Crippen LogP contribution in [0.4, 0.5) is 0 Å². The predicted octanol–water partition coefficient (Wildman–Crippen LogP) is 3.69. The molecule has 5 heteroatoms. The second kappa shape index (κ2) is 15.6. The normalized spacial score (nSPS) is 11.7. The van der Waals surface area contributed by atoms with Gasteiger partial charge in [0.15, 0.2) is 12.6 Å². The Hall–Kier alpha value is 0.190. The highest BCUT2D eigenvalue weighted by Crippen LogP contribution is 2.13. The molecule has 0 fully saturated rings. The molecule has 0 unspecified atom stereocenters. The Morgan fingerprint density at radius 3 is 1.55 bits per heavy atom. The fraction of sp³-hybridized carbons (Fsp3) is 1.00. The third kappa shape index (κ3) is 12.0. The van der Waals surface area contributed by atoms with Gasteiger partial charge < -0.3 is 18.9 Å². The van der Waals surface area contributed by atoms with Crippen LogP contribution in [0.3, 0.4) is 0 Å². The van der Waals surface area contributed by atoms with Gasteiger partial charge in [0, 0.05) is 32.8 Å². The van der Waals surface area contributed by atoms with Gasteiger partial charge in [0.1, 0.15) is 0 Å². The van der Waals surface area contributed by atoms with Crippen molar-refractivity contribution in [2.75, 3.05) is 37.9 Å². The third-order valence-corrected chi connectivity index (χ3v) is 3.74. The molecule has 0 aromatic rings. The first kappa shape index (κ1) is 20.2. The maximum atomic E-state index is 5.52. The zero-order chi connectivity index (χ0) is 15.1. The van der Waals surface area contributed by atoms with E-state index in [4.69, 9.17) is 18.9 Å². The summed E-state index contributed by atoms with van der Waals surface area (Å²) in [7, 11) is 0. The van der Waals surface area contributed by atoms with Gasteiger partial charge in [-0.2, -0.15) is 11.8 Å². The molecule has 0 saturated carbocycles. The summed E-state index contributed by atoms with van der Waals surface area (Å²) in [5.74, 6) is 2.19. The number of thioether (sulfide) groups is 1. The zero-order valence-corrected chi connectivity index (χ0v) is 14.4. The van der Waals surface area contributed by atoms with E-state index in [0.717, 1.165) is 30.8 Å². The van der Waals surface area contributed by atoms with E-state index in [2.05, 4.69) is 0 Å². The van der Waals surface area contributed by atoms with Crippen molar-refractivity contribution in [2.45, 2.75) is 59.5 Å². The summed E-state index contributed by atoms with van der Waals surface area (Å²) in [5.41, 5.74) is 0. The van der Waals surface area contributed by atoms with E-state index in [1.807, 2.05) is 39.5 Å². The van der Waals surface area contributed by atoms with Crippen molar-refractivity contribution >= 4 is 11.8 Å². The van der Waals surface area contributed by atoms with Gasteiger partial charge in [-0.15, -0.1) is 0 Å². The highest BCUT2D eigenvalue weighted by Gasteiger charge is 2.09. The molecule has 0 aromatic carbocycles. The fourth-order valence-electron chi connectivity index (χ4n) is 1.81. The Balaban J connectivity index is 3.53. The number of rotatable bonds is 15. The van der Waals surface area contributed by atoms with Crippen LogP contribution in [0.15, 0.2) is 0 Å². The molecule has 0 radical (unpaired) electrons. The van der Waals surface area contributed by atoms with Crippen molar-refractivity contribution in [3.63, 3.8) is 0 Å². The first-order valence-electron chi connectivity index (χ1n) is 7.82. The molecule has 0 atom stereocenters. The average molecular weight is 308 g/mol. The van der Waals surface area contributed by atoms with Crippen molar-refractivity contribution in [1.82, 2.24) is 0 Å². The first-order chi connectivity index (χ1) is 9.78. The summed E-state index contributed by atoms with van der Waals surface area (Å²) in [5, 5.41) is 0. The molecule has 0 N–H and O–H groups in total. The Morgan fingerprint density at radius 2 is 1.10 bits per heavy atom. The Labute approximate surface area is 128 Å². The third-order valence-electron chi connectivity index (χ3n) is 2.64. The van der Waals surface area contributed by atoms with Crippen LogP contribution < -0.4 is 0 Å². The first-order valence-corrected chi connectivity index (χ1v) is 8.97. The Kier molecular flexibility index (Phi) is 15.7. The van der Waals surface area contributed by atoms with Crippen molar-refractivity contribution in [3.8, 4) is 0 Å². The van der Waals surface area contributed by atoms with E-state index >= 15 is 0 Å². The lowest BCUT2D eigenvalue weighted by Gasteiger charge is -2.17. The molecule has 0 bridgehead atoms. The zero-order valence-electron chi connectivity index (χ0n) is 13.6. The van der Waals surface area contributed by atoms with Crippen LogP contribution in [-0.4, -0.2) is 50.5 Å². The SMILES string of the molecule is CCOC(CCCSCCC(OCC)OCC)OCC. The van der Waals surface area contributed by atoms with Gasteiger partial charge in [0.05, 0.1) is 0 Å². The fourth-order valence-corrected chi connectivity index (χ4v) is 2.74. The largest absolute Gasteiger partial charge is 0.353 e. The van der Waals surface area contributed by atoms with Gasteiger partial charge in [0.2, 0.25) is 0 Å². The second-order valence-corrected chi connectivity index (χ2v) is 5.45. The maximum absolute atomic E-state index is 5.52. The molecule has 0 heterocycles. The van der Waals surface area contributed by atoms with Gasteiger partial charge in [-0.1, -0.05) is 0 Å². The summed E-state index contributed by atoms with van der Waals surface area (Å²) in [6, 6.07) is 0. The molecule has 0 aliphatic rings. The van der Waals surface area contributed by atoms with Crippen molar-refractivity contribution < 1.29 is 18.9 Å². The Bertz CT molecular complexity index is 161. The Morgan fingerprint density at radius 1 is 0.650 bits per heavy atom. The summed E-state index contributed by atoms with van der Waals surface area (Å²) >= 11 is 1.94. The van der Waals surface area contributed by atoms with E-state index < -0.39 is 0 Å². The molecule has 0 spiro atoms. The van der Waals surface area contributed by atoms with E-state index in [1.165, 1.54) is 0 Å². The van der Waals surface area contributed by atoms with Crippen LogP contribution in [0.25, 0.3) is 0 Å². The molecule has 0 aliphatic heterocycles. The number of hydrogen-bond acceptors (Lipinski definition) is 5. The molecule has 0 aromatic heterocycles. The summed E-state index contributed by atoms with van der Waals surface area (Å²) in [4.78, 5) is 0. The van der Waals surface area contributed by atoms with Gasteiger partial charge >= 0.3 is 0 Å². The predicted molar refractivity (Wildman–Crippen MR) is 85.3 cm³/mol. The standard InChI is InChI=1S/C15H32O4S/c1-5-16-14(17-6-2)10-9-12-20-13-11-15(18-7-3)19-8-4/h14-15H,5-13H2,1-4H3. The molecular formula is C15H32O4S. The summed E-state index contributed by atoms with van der Waals surface area (Å²) in [6.07, 6.45) is 2.95. The van der Waals surface area contributed by atoms with Crippen LogP contribution >= 0.6 is 11.8 Å². The summed E-state index contributed by atoms with van der Waals surface area (Å²) in [6.45, 7) is 10.8. The van der Waals surface area contributed by atoms with E-state index in [1.54, 1.807) is 0 Å².